The Balaban J connectivity index is 0.000000360. The molecule has 0 saturated carbocycles. The van der Waals surface area contributed by atoms with Crippen molar-refractivity contribution >= 4 is 23.2 Å². The van der Waals surface area contributed by atoms with E-state index in [4.69, 9.17) is 19.4 Å². The molecule has 2 fully saturated rings. The highest BCUT2D eigenvalue weighted by Gasteiger charge is 2.50. The zero-order valence-corrected chi connectivity index (χ0v) is 18.3. The number of ether oxygens (including phenoxy) is 2. The molecule has 1 amide bonds. The molecule has 0 bridgehead atoms. The van der Waals surface area contributed by atoms with Crippen LogP contribution in [0.15, 0.2) is 17.6 Å². The zero-order chi connectivity index (χ0) is 23.5. The van der Waals surface area contributed by atoms with Gasteiger partial charge in [0.1, 0.15) is 11.3 Å². The molecule has 32 heavy (non-hydrogen) atoms. The second-order valence-corrected chi connectivity index (χ2v) is 8.72. The highest BCUT2D eigenvalue weighted by atomic mass is 32.1. The molecule has 2 aliphatic heterocycles. The minimum absolute atomic E-state index is 0.0317. The van der Waals surface area contributed by atoms with Gasteiger partial charge in [-0.3, -0.25) is 9.48 Å². The molecule has 4 heterocycles. The monoisotopic (exact) mass is 476 g/mol. The van der Waals surface area contributed by atoms with Crippen LogP contribution in [0.2, 0.25) is 0 Å². The van der Waals surface area contributed by atoms with Gasteiger partial charge in [-0.1, -0.05) is 0 Å². The molecule has 0 radical (unpaired) electrons. The van der Waals surface area contributed by atoms with Gasteiger partial charge in [-0.15, -0.1) is 11.3 Å². The second-order valence-electron chi connectivity index (χ2n) is 7.65. The van der Waals surface area contributed by atoms with Crippen LogP contribution in [0.1, 0.15) is 34.0 Å². The maximum absolute atomic E-state index is 12.4. The number of carboxylic acid groups (broad SMARTS) is 1. The van der Waals surface area contributed by atoms with Crippen molar-refractivity contribution in [2.24, 2.45) is 7.05 Å². The van der Waals surface area contributed by atoms with Crippen molar-refractivity contribution in [3.63, 3.8) is 0 Å². The Labute approximate surface area is 185 Å². The first-order chi connectivity index (χ1) is 15.0. The van der Waals surface area contributed by atoms with Gasteiger partial charge >= 0.3 is 12.1 Å². The van der Waals surface area contributed by atoms with Gasteiger partial charge in [0.05, 0.1) is 36.5 Å². The number of alkyl halides is 3. The minimum atomic E-state index is -5.08. The fourth-order valence-corrected chi connectivity index (χ4v) is 4.10. The molecule has 0 aliphatic carbocycles. The Hall–Kier alpha value is -2.51. The van der Waals surface area contributed by atoms with Crippen LogP contribution in [0.3, 0.4) is 0 Å². The van der Waals surface area contributed by atoms with Gasteiger partial charge < -0.3 is 19.5 Å². The number of aliphatic carboxylic acids is 1. The average molecular weight is 476 g/mol. The highest BCUT2D eigenvalue weighted by molar-refractivity contribution is 7.09. The number of halogens is 3. The molecule has 13 heteroatoms. The summed E-state index contributed by atoms with van der Waals surface area (Å²) in [6, 6.07) is 1.75. The highest BCUT2D eigenvalue weighted by Crippen LogP contribution is 2.36. The van der Waals surface area contributed by atoms with Gasteiger partial charge in [0, 0.05) is 31.7 Å². The molecule has 1 spiro atoms. The molecule has 1 atom stereocenters. The number of rotatable bonds is 4. The summed E-state index contributed by atoms with van der Waals surface area (Å²) in [5.74, 6) is -2.79. The van der Waals surface area contributed by atoms with E-state index in [1.807, 2.05) is 19.4 Å². The van der Waals surface area contributed by atoms with Crippen molar-refractivity contribution in [3.05, 3.63) is 34.0 Å². The molecular weight excluding hydrogens is 453 g/mol. The number of aryl methyl sites for hydroxylation is 2. The summed E-state index contributed by atoms with van der Waals surface area (Å²) in [4.78, 5) is 27.5. The third-order valence-corrected chi connectivity index (χ3v) is 5.82. The lowest BCUT2D eigenvalue weighted by molar-refractivity contribution is -0.192. The Kier molecular flexibility index (Phi) is 7.20. The number of amides is 1. The van der Waals surface area contributed by atoms with Crippen molar-refractivity contribution in [3.8, 4) is 0 Å². The number of carboxylic acids is 1. The quantitative estimate of drug-likeness (QED) is 0.722. The van der Waals surface area contributed by atoms with E-state index in [2.05, 4.69) is 10.1 Å². The van der Waals surface area contributed by atoms with Crippen LogP contribution in [0, 0.1) is 6.92 Å². The van der Waals surface area contributed by atoms with Crippen LogP contribution < -0.4 is 0 Å². The average Bonchev–Trinajstić information content (AvgIpc) is 3.32. The van der Waals surface area contributed by atoms with Gasteiger partial charge in [0.2, 0.25) is 0 Å². The number of hydrogen-bond acceptors (Lipinski definition) is 7. The fraction of sp³-hybridized carbons (Fsp3) is 0.579. The summed E-state index contributed by atoms with van der Waals surface area (Å²) in [5.41, 5.74) is 1.22. The summed E-state index contributed by atoms with van der Waals surface area (Å²) in [6.07, 6.45) is -1.44. The summed E-state index contributed by atoms with van der Waals surface area (Å²) < 4.78 is 45.4. The number of aromatic nitrogens is 3. The Morgan fingerprint density at radius 1 is 1.41 bits per heavy atom. The SMILES string of the molecule is Cc1nc(COC2CCOC3(C2)CN(C(=O)c2ccn(C)n2)C3)cs1.O=C(O)C(F)(F)F. The molecule has 2 aromatic heterocycles. The first kappa shape index (κ1) is 24.1. The van der Waals surface area contributed by atoms with Crippen molar-refractivity contribution in [2.75, 3.05) is 19.7 Å². The van der Waals surface area contributed by atoms with E-state index >= 15 is 0 Å². The summed E-state index contributed by atoms with van der Waals surface area (Å²) in [5, 5.41) is 14.4. The molecular formula is C19H23F3N4O5S. The molecule has 176 valence electrons. The third kappa shape index (κ3) is 6.04. The molecule has 0 aromatic carbocycles. The number of nitrogens with zero attached hydrogens (tertiary/aromatic N) is 4. The number of likely N-dealkylation sites (tertiary alicyclic amines) is 1. The van der Waals surface area contributed by atoms with Crippen molar-refractivity contribution in [1.82, 2.24) is 19.7 Å². The summed E-state index contributed by atoms with van der Waals surface area (Å²) in [7, 11) is 1.81. The number of hydrogen-bond donors (Lipinski definition) is 1. The van der Waals surface area contributed by atoms with E-state index in [0.29, 0.717) is 32.0 Å². The van der Waals surface area contributed by atoms with E-state index in [-0.39, 0.29) is 17.6 Å². The van der Waals surface area contributed by atoms with Crippen molar-refractivity contribution < 1.29 is 37.3 Å². The Morgan fingerprint density at radius 3 is 2.62 bits per heavy atom. The van der Waals surface area contributed by atoms with Crippen LogP contribution in [-0.2, 0) is 27.9 Å². The third-order valence-electron chi connectivity index (χ3n) is 5.00. The normalized spacial score (nSPS) is 19.8. The van der Waals surface area contributed by atoms with Crippen LogP contribution >= 0.6 is 11.3 Å². The molecule has 2 aliphatic rings. The minimum Gasteiger partial charge on any atom is -0.475 e. The predicted molar refractivity (Wildman–Crippen MR) is 106 cm³/mol. The maximum Gasteiger partial charge on any atom is 0.490 e. The van der Waals surface area contributed by atoms with Crippen LogP contribution in [0.5, 0.6) is 0 Å². The lowest BCUT2D eigenvalue weighted by Crippen LogP contribution is -2.67. The molecule has 9 nitrogen and oxygen atoms in total. The Bertz CT molecular complexity index is 955. The lowest BCUT2D eigenvalue weighted by Gasteiger charge is -2.52. The molecule has 1 N–H and O–H groups in total. The maximum atomic E-state index is 12.4. The largest absolute Gasteiger partial charge is 0.490 e. The molecule has 4 rings (SSSR count). The summed E-state index contributed by atoms with van der Waals surface area (Å²) >= 11 is 1.64. The first-order valence-electron chi connectivity index (χ1n) is 9.73. The lowest BCUT2D eigenvalue weighted by atomic mass is 9.84. The van der Waals surface area contributed by atoms with E-state index in [1.165, 1.54) is 0 Å². The fourth-order valence-electron chi connectivity index (χ4n) is 3.51. The molecule has 1 unspecified atom stereocenters. The zero-order valence-electron chi connectivity index (χ0n) is 17.5. The van der Waals surface area contributed by atoms with Gasteiger partial charge in [-0.05, 0) is 19.4 Å². The van der Waals surface area contributed by atoms with Crippen LogP contribution in [0.25, 0.3) is 0 Å². The van der Waals surface area contributed by atoms with E-state index in [0.717, 1.165) is 23.5 Å². The van der Waals surface area contributed by atoms with Gasteiger partial charge in [0.25, 0.3) is 5.91 Å². The van der Waals surface area contributed by atoms with E-state index < -0.39 is 12.1 Å². The first-order valence-corrected chi connectivity index (χ1v) is 10.6. The predicted octanol–water partition coefficient (Wildman–Crippen LogP) is 2.41. The van der Waals surface area contributed by atoms with Gasteiger partial charge in [-0.25, -0.2) is 9.78 Å². The van der Waals surface area contributed by atoms with Gasteiger partial charge in [0.15, 0.2) is 0 Å². The van der Waals surface area contributed by atoms with E-state index in [1.54, 1.807) is 33.2 Å². The van der Waals surface area contributed by atoms with Crippen LogP contribution in [0.4, 0.5) is 13.2 Å². The standard InChI is InChI=1S/C17H22N4O3S.C2HF3O2/c1-12-18-13(9-25-12)8-23-14-4-6-24-17(7-14)10-21(11-17)16(22)15-3-5-20(2)19-15;3-2(4,5)1(6)7/h3,5,9,14H,4,6-8,10-11H2,1-2H3;(H,6,7). The number of thiazole rings is 1. The van der Waals surface area contributed by atoms with Crippen molar-refractivity contribution in [2.45, 2.75) is 44.3 Å². The Morgan fingerprint density at radius 2 is 2.09 bits per heavy atom. The van der Waals surface area contributed by atoms with E-state index in [9.17, 15) is 18.0 Å². The molecule has 2 saturated heterocycles. The van der Waals surface area contributed by atoms with Crippen molar-refractivity contribution in [1.29, 1.82) is 0 Å². The topological polar surface area (TPSA) is 107 Å². The summed E-state index contributed by atoms with van der Waals surface area (Å²) in [6.45, 7) is 4.43. The number of carbonyl (C=O) groups is 2. The smallest absolute Gasteiger partial charge is 0.475 e. The second kappa shape index (κ2) is 9.55. The number of carbonyl (C=O) groups excluding carboxylic acids is 1. The van der Waals surface area contributed by atoms with Crippen LogP contribution in [-0.4, -0.2) is 74.2 Å². The van der Waals surface area contributed by atoms with Gasteiger partial charge in [-0.2, -0.15) is 18.3 Å². The molecule has 2 aromatic rings.